The fraction of sp³-hybridized carbons (Fsp3) is 0.192. The number of aromatic hydroxyl groups is 1. The van der Waals surface area contributed by atoms with E-state index in [2.05, 4.69) is 32.1 Å². The van der Waals surface area contributed by atoms with Gasteiger partial charge < -0.3 is 20.5 Å². The van der Waals surface area contributed by atoms with Crippen molar-refractivity contribution in [1.29, 1.82) is 0 Å². The quantitative estimate of drug-likeness (QED) is 0.348. The number of rotatable bonds is 4. The van der Waals surface area contributed by atoms with Gasteiger partial charge in [-0.3, -0.25) is 4.79 Å². The third kappa shape index (κ3) is 5.22. The minimum absolute atomic E-state index is 0.0459. The van der Waals surface area contributed by atoms with Crippen LogP contribution in [0.1, 0.15) is 53.2 Å². The molecule has 0 saturated carbocycles. The first-order chi connectivity index (χ1) is 16.1. The number of phenols is 1. The third-order valence-electron chi connectivity index (χ3n) is 5.00. The van der Waals surface area contributed by atoms with Gasteiger partial charge in [0.2, 0.25) is 0 Å². The van der Waals surface area contributed by atoms with Gasteiger partial charge in [0, 0.05) is 22.8 Å². The Labute approximate surface area is 195 Å². The van der Waals surface area contributed by atoms with Gasteiger partial charge in [0.15, 0.2) is 0 Å². The number of hydrogen-bond donors (Lipinski definition) is 4. The fourth-order valence-electron chi connectivity index (χ4n) is 3.50. The maximum Gasteiger partial charge on any atom is 0.270 e. The van der Waals surface area contributed by atoms with Crippen molar-refractivity contribution in [2.75, 3.05) is 0 Å². The Morgan fingerprint density at radius 1 is 1.15 bits per heavy atom. The summed E-state index contributed by atoms with van der Waals surface area (Å²) >= 11 is 0. The molecule has 2 heterocycles. The first kappa shape index (κ1) is 23.0. The monoisotopic (exact) mass is 458 g/mol. The highest BCUT2D eigenvalue weighted by Crippen LogP contribution is 2.31. The number of aromatic nitrogens is 3. The van der Waals surface area contributed by atoms with E-state index in [9.17, 15) is 19.4 Å². The average molecular weight is 458 g/mol. The van der Waals surface area contributed by atoms with Gasteiger partial charge >= 0.3 is 0 Å². The number of aryl methyl sites for hydroxylation is 1. The summed E-state index contributed by atoms with van der Waals surface area (Å²) in [5.74, 6) is 4.44. The van der Waals surface area contributed by atoms with Crippen LogP contribution in [0.2, 0.25) is 0 Å². The van der Waals surface area contributed by atoms with Crippen molar-refractivity contribution in [3.05, 3.63) is 88.9 Å². The van der Waals surface area contributed by atoms with Gasteiger partial charge in [-0.25, -0.2) is 14.4 Å². The number of amides is 1. The van der Waals surface area contributed by atoms with Crippen LogP contribution < -0.4 is 5.32 Å². The molecule has 1 atom stereocenters. The van der Waals surface area contributed by atoms with E-state index in [0.29, 0.717) is 11.5 Å². The van der Waals surface area contributed by atoms with Crippen molar-refractivity contribution in [2.24, 2.45) is 0 Å². The van der Waals surface area contributed by atoms with Gasteiger partial charge in [-0.1, -0.05) is 24.1 Å². The van der Waals surface area contributed by atoms with Crippen LogP contribution in [-0.2, 0) is 0 Å². The zero-order valence-electron chi connectivity index (χ0n) is 18.8. The Bertz CT molecular complexity index is 1410. The molecule has 0 radical (unpaired) electrons. The van der Waals surface area contributed by atoms with Crippen LogP contribution in [0, 0.1) is 24.6 Å². The lowest BCUT2D eigenvalue weighted by atomic mass is 10.0. The standard InChI is InChI=1S/C26H23FN4O3/c1-15-28-18(10-11-26(2,3)34)14-22(29-15)25(33)31-24(19-13-17(27)8-9-23(19)32)21-12-16-6-4-5-7-20(16)30-21/h4-9,12-14,24,30,32,34H,1-3H3,(H,31,33). The van der Waals surface area contributed by atoms with Crippen LogP contribution >= 0.6 is 0 Å². The van der Waals surface area contributed by atoms with Crippen LogP contribution in [0.25, 0.3) is 10.9 Å². The first-order valence-corrected chi connectivity index (χ1v) is 10.6. The van der Waals surface area contributed by atoms with E-state index in [1.807, 2.05) is 30.3 Å². The normalized spacial score (nSPS) is 12.1. The zero-order valence-corrected chi connectivity index (χ0v) is 18.8. The minimum Gasteiger partial charge on any atom is -0.508 e. The van der Waals surface area contributed by atoms with Gasteiger partial charge in [0.25, 0.3) is 5.91 Å². The van der Waals surface area contributed by atoms with E-state index in [0.717, 1.165) is 17.0 Å². The van der Waals surface area contributed by atoms with Gasteiger partial charge in [-0.2, -0.15) is 0 Å². The smallest absolute Gasteiger partial charge is 0.270 e. The maximum absolute atomic E-state index is 14.1. The molecule has 1 amide bonds. The van der Waals surface area contributed by atoms with Gasteiger partial charge in [-0.15, -0.1) is 0 Å². The van der Waals surface area contributed by atoms with Crippen LogP contribution in [0.15, 0.2) is 54.6 Å². The number of aromatic amines is 1. The van der Waals surface area contributed by atoms with Crippen LogP contribution in [-0.4, -0.2) is 36.7 Å². The molecule has 0 aliphatic heterocycles. The molecule has 7 nitrogen and oxygen atoms in total. The highest BCUT2D eigenvalue weighted by atomic mass is 19.1. The third-order valence-corrected chi connectivity index (χ3v) is 5.00. The molecule has 0 spiro atoms. The van der Waals surface area contributed by atoms with Crippen LogP contribution in [0.3, 0.4) is 0 Å². The number of nitrogens with one attached hydrogen (secondary N) is 2. The molecule has 2 aromatic carbocycles. The lowest BCUT2D eigenvalue weighted by Gasteiger charge is -2.19. The largest absolute Gasteiger partial charge is 0.508 e. The van der Waals surface area contributed by atoms with Crippen molar-refractivity contribution in [3.8, 4) is 17.6 Å². The molecule has 0 fully saturated rings. The van der Waals surface area contributed by atoms with E-state index < -0.39 is 23.4 Å². The number of fused-ring (bicyclic) bond motifs is 1. The Kier molecular flexibility index (Phi) is 6.05. The molecule has 0 aliphatic rings. The Hall–Kier alpha value is -4.22. The second kappa shape index (κ2) is 8.96. The number of aliphatic hydroxyl groups is 1. The summed E-state index contributed by atoms with van der Waals surface area (Å²) in [6.45, 7) is 4.70. The van der Waals surface area contributed by atoms with E-state index in [1.54, 1.807) is 6.92 Å². The predicted octanol–water partition coefficient (Wildman–Crippen LogP) is 3.75. The molecule has 2 aromatic heterocycles. The van der Waals surface area contributed by atoms with Crippen molar-refractivity contribution in [2.45, 2.75) is 32.4 Å². The van der Waals surface area contributed by atoms with E-state index in [1.165, 1.54) is 32.0 Å². The van der Waals surface area contributed by atoms with Crippen molar-refractivity contribution in [1.82, 2.24) is 20.3 Å². The average Bonchev–Trinajstić information content (AvgIpc) is 3.21. The number of carbonyl (C=O) groups excluding carboxylic acids is 1. The number of halogens is 1. The lowest BCUT2D eigenvalue weighted by Crippen LogP contribution is -2.30. The summed E-state index contributed by atoms with van der Waals surface area (Å²) < 4.78 is 14.1. The molecule has 0 aliphatic carbocycles. The fourth-order valence-corrected chi connectivity index (χ4v) is 3.50. The molecular weight excluding hydrogens is 435 g/mol. The summed E-state index contributed by atoms with van der Waals surface area (Å²) in [5, 5.41) is 24.0. The highest BCUT2D eigenvalue weighted by molar-refractivity contribution is 5.93. The van der Waals surface area contributed by atoms with E-state index in [-0.39, 0.29) is 22.7 Å². The van der Waals surface area contributed by atoms with Crippen molar-refractivity contribution in [3.63, 3.8) is 0 Å². The SMILES string of the molecule is Cc1nc(C#CC(C)(C)O)cc(C(=O)NC(c2cc3ccccc3[nH]2)c2cc(F)ccc2O)n1. The predicted molar refractivity (Wildman–Crippen MR) is 126 cm³/mol. The topological polar surface area (TPSA) is 111 Å². The molecular formula is C26H23FN4O3. The van der Waals surface area contributed by atoms with Crippen LogP contribution in [0.5, 0.6) is 5.75 Å². The Morgan fingerprint density at radius 3 is 2.65 bits per heavy atom. The molecule has 4 N–H and O–H groups in total. The molecule has 4 aromatic rings. The number of nitrogens with zero attached hydrogens (tertiary/aromatic N) is 2. The number of phenolic OH excluding ortho intramolecular Hbond substituents is 1. The number of para-hydroxylation sites is 1. The lowest BCUT2D eigenvalue weighted by molar-refractivity contribution is 0.0936. The summed E-state index contributed by atoms with van der Waals surface area (Å²) in [4.78, 5) is 24.9. The summed E-state index contributed by atoms with van der Waals surface area (Å²) in [6.07, 6.45) is 0. The Balaban J connectivity index is 1.75. The van der Waals surface area contributed by atoms with Crippen molar-refractivity contribution < 1.29 is 19.4 Å². The molecule has 8 heteroatoms. The van der Waals surface area contributed by atoms with Gasteiger partial charge in [0.05, 0.1) is 6.04 Å². The van der Waals surface area contributed by atoms with Gasteiger partial charge in [0.1, 0.15) is 34.4 Å². The highest BCUT2D eigenvalue weighted by Gasteiger charge is 2.24. The Morgan fingerprint density at radius 2 is 1.91 bits per heavy atom. The maximum atomic E-state index is 14.1. The number of hydrogen-bond acceptors (Lipinski definition) is 5. The summed E-state index contributed by atoms with van der Waals surface area (Å²) in [6, 6.07) is 13.4. The number of carbonyl (C=O) groups is 1. The molecule has 34 heavy (non-hydrogen) atoms. The molecule has 172 valence electrons. The second-order valence-electron chi connectivity index (χ2n) is 8.42. The molecule has 0 bridgehead atoms. The molecule has 1 unspecified atom stereocenters. The summed E-state index contributed by atoms with van der Waals surface area (Å²) in [5.41, 5.74) is 0.669. The minimum atomic E-state index is -1.23. The zero-order chi connectivity index (χ0) is 24.5. The first-order valence-electron chi connectivity index (χ1n) is 10.6. The summed E-state index contributed by atoms with van der Waals surface area (Å²) in [7, 11) is 0. The molecule has 0 saturated heterocycles. The second-order valence-corrected chi connectivity index (χ2v) is 8.42. The van der Waals surface area contributed by atoms with E-state index in [4.69, 9.17) is 0 Å². The van der Waals surface area contributed by atoms with Gasteiger partial charge in [-0.05, 0) is 62.4 Å². The van der Waals surface area contributed by atoms with E-state index >= 15 is 0 Å². The number of benzene rings is 2. The molecule has 4 rings (SSSR count). The van der Waals surface area contributed by atoms with Crippen LogP contribution in [0.4, 0.5) is 4.39 Å². The van der Waals surface area contributed by atoms with Crippen molar-refractivity contribution >= 4 is 16.8 Å². The number of H-pyrrole nitrogens is 1.